The highest BCUT2D eigenvalue weighted by Crippen LogP contribution is 2.17. The number of benzene rings is 1. The fourth-order valence-electron chi connectivity index (χ4n) is 2.14. The second-order valence-electron chi connectivity index (χ2n) is 5.09. The van der Waals surface area contributed by atoms with Crippen LogP contribution in [0.15, 0.2) is 30.3 Å². The maximum Gasteiger partial charge on any atom is 0.242 e. The number of carbonyl (C=O) groups is 1. The lowest BCUT2D eigenvalue weighted by molar-refractivity contribution is -0.123. The molecule has 0 fully saturated rings. The summed E-state index contributed by atoms with van der Waals surface area (Å²) in [4.78, 5) is 14.0. The molecule has 0 bridgehead atoms. The van der Waals surface area contributed by atoms with Gasteiger partial charge >= 0.3 is 0 Å². The highest BCUT2D eigenvalue weighted by Gasteiger charge is 2.21. The monoisotopic (exact) mass is 249 g/mol. The SMILES string of the molecule is CC(C)CN(C)CC(C(=O)NN)c1ccccc1. The summed E-state index contributed by atoms with van der Waals surface area (Å²) in [6, 6.07) is 9.74. The average Bonchev–Trinajstić information content (AvgIpc) is 2.35. The van der Waals surface area contributed by atoms with Crippen LogP contribution in [0.4, 0.5) is 0 Å². The van der Waals surface area contributed by atoms with Crippen LogP contribution in [-0.4, -0.2) is 30.9 Å². The van der Waals surface area contributed by atoms with Gasteiger partial charge in [0.15, 0.2) is 0 Å². The molecule has 0 aliphatic heterocycles. The van der Waals surface area contributed by atoms with Crippen LogP contribution >= 0.6 is 0 Å². The summed E-state index contributed by atoms with van der Waals surface area (Å²) < 4.78 is 0. The summed E-state index contributed by atoms with van der Waals surface area (Å²) in [6.45, 7) is 5.96. The zero-order chi connectivity index (χ0) is 13.5. The van der Waals surface area contributed by atoms with Gasteiger partial charge in [-0.15, -0.1) is 0 Å². The maximum absolute atomic E-state index is 11.9. The van der Waals surface area contributed by atoms with Crippen molar-refractivity contribution in [3.05, 3.63) is 35.9 Å². The second kappa shape index (κ2) is 7.13. The van der Waals surface area contributed by atoms with Crippen LogP contribution in [0.5, 0.6) is 0 Å². The molecular formula is C14H23N3O. The quantitative estimate of drug-likeness (QED) is 0.454. The second-order valence-corrected chi connectivity index (χ2v) is 5.09. The van der Waals surface area contributed by atoms with Crippen molar-refractivity contribution in [2.75, 3.05) is 20.1 Å². The summed E-state index contributed by atoms with van der Waals surface area (Å²) in [5.74, 6) is 5.48. The van der Waals surface area contributed by atoms with Crippen molar-refractivity contribution in [1.82, 2.24) is 10.3 Å². The zero-order valence-electron chi connectivity index (χ0n) is 11.4. The normalized spacial score (nSPS) is 12.8. The molecule has 1 atom stereocenters. The maximum atomic E-state index is 11.9. The number of likely N-dealkylation sites (N-methyl/N-ethyl adjacent to an activating group) is 1. The highest BCUT2D eigenvalue weighted by atomic mass is 16.2. The van der Waals surface area contributed by atoms with Crippen molar-refractivity contribution < 1.29 is 4.79 Å². The minimum absolute atomic E-state index is 0.142. The van der Waals surface area contributed by atoms with E-state index in [0.29, 0.717) is 12.5 Å². The van der Waals surface area contributed by atoms with Crippen LogP contribution in [-0.2, 0) is 4.79 Å². The van der Waals surface area contributed by atoms with Crippen molar-refractivity contribution in [2.24, 2.45) is 11.8 Å². The van der Waals surface area contributed by atoms with E-state index in [2.05, 4.69) is 24.2 Å². The Morgan fingerprint density at radius 3 is 2.39 bits per heavy atom. The van der Waals surface area contributed by atoms with Crippen molar-refractivity contribution in [1.29, 1.82) is 0 Å². The molecule has 0 spiro atoms. The highest BCUT2D eigenvalue weighted by molar-refractivity contribution is 5.83. The number of hydrogen-bond donors (Lipinski definition) is 2. The molecule has 100 valence electrons. The first-order chi connectivity index (χ1) is 8.54. The third-order valence-electron chi connectivity index (χ3n) is 2.83. The Kier molecular flexibility index (Phi) is 5.82. The van der Waals surface area contributed by atoms with E-state index in [4.69, 9.17) is 5.84 Å². The molecule has 0 saturated carbocycles. The molecule has 18 heavy (non-hydrogen) atoms. The van der Waals surface area contributed by atoms with Gasteiger partial charge in [0.25, 0.3) is 0 Å². The Morgan fingerprint density at radius 1 is 1.28 bits per heavy atom. The van der Waals surface area contributed by atoms with Gasteiger partial charge in [0, 0.05) is 13.1 Å². The van der Waals surface area contributed by atoms with Crippen molar-refractivity contribution in [3.63, 3.8) is 0 Å². The van der Waals surface area contributed by atoms with E-state index in [9.17, 15) is 4.79 Å². The number of amides is 1. The van der Waals surface area contributed by atoms with Gasteiger partial charge in [-0.25, -0.2) is 5.84 Å². The molecule has 0 aliphatic carbocycles. The Bertz CT molecular complexity index is 365. The van der Waals surface area contributed by atoms with Gasteiger partial charge in [-0.05, 0) is 18.5 Å². The first kappa shape index (κ1) is 14.7. The van der Waals surface area contributed by atoms with Crippen molar-refractivity contribution in [3.8, 4) is 0 Å². The molecule has 1 rings (SSSR count). The van der Waals surface area contributed by atoms with Crippen molar-refractivity contribution >= 4 is 5.91 Å². The van der Waals surface area contributed by atoms with Crippen LogP contribution in [0.25, 0.3) is 0 Å². The molecule has 0 heterocycles. The Hall–Kier alpha value is -1.39. The summed E-state index contributed by atoms with van der Waals surface area (Å²) in [6.07, 6.45) is 0. The molecule has 1 aromatic rings. The number of nitrogens with zero attached hydrogens (tertiary/aromatic N) is 1. The third kappa shape index (κ3) is 4.47. The number of hydrogen-bond acceptors (Lipinski definition) is 3. The van der Waals surface area contributed by atoms with E-state index in [1.807, 2.05) is 37.4 Å². The van der Waals surface area contributed by atoms with Crippen LogP contribution in [0.2, 0.25) is 0 Å². The van der Waals surface area contributed by atoms with E-state index in [1.54, 1.807) is 0 Å². The molecule has 1 amide bonds. The third-order valence-corrected chi connectivity index (χ3v) is 2.83. The fraction of sp³-hybridized carbons (Fsp3) is 0.500. The number of nitrogens with two attached hydrogens (primary N) is 1. The molecule has 1 unspecified atom stereocenters. The first-order valence-corrected chi connectivity index (χ1v) is 6.28. The van der Waals surface area contributed by atoms with Gasteiger partial charge in [0.05, 0.1) is 5.92 Å². The molecule has 0 aliphatic rings. The number of hydrazine groups is 1. The van der Waals surface area contributed by atoms with Crippen LogP contribution < -0.4 is 11.3 Å². The predicted octanol–water partition coefficient (Wildman–Crippen LogP) is 1.35. The molecular weight excluding hydrogens is 226 g/mol. The molecule has 0 radical (unpaired) electrons. The van der Waals surface area contributed by atoms with E-state index in [-0.39, 0.29) is 11.8 Å². The summed E-state index contributed by atoms with van der Waals surface area (Å²) in [7, 11) is 2.03. The Balaban J connectivity index is 2.77. The van der Waals surface area contributed by atoms with E-state index in [1.165, 1.54) is 0 Å². The lowest BCUT2D eigenvalue weighted by Gasteiger charge is -2.24. The van der Waals surface area contributed by atoms with Gasteiger partial charge < -0.3 is 4.90 Å². The van der Waals surface area contributed by atoms with Gasteiger partial charge in [0.1, 0.15) is 0 Å². The van der Waals surface area contributed by atoms with Crippen LogP contribution in [0, 0.1) is 5.92 Å². The number of nitrogens with one attached hydrogen (secondary N) is 1. The minimum atomic E-state index is -0.222. The van der Waals surface area contributed by atoms with E-state index >= 15 is 0 Å². The lowest BCUT2D eigenvalue weighted by Crippen LogP contribution is -2.40. The van der Waals surface area contributed by atoms with E-state index < -0.39 is 0 Å². The van der Waals surface area contributed by atoms with Gasteiger partial charge in [-0.3, -0.25) is 10.2 Å². The van der Waals surface area contributed by atoms with Crippen LogP contribution in [0.3, 0.4) is 0 Å². The van der Waals surface area contributed by atoms with Crippen molar-refractivity contribution in [2.45, 2.75) is 19.8 Å². The average molecular weight is 249 g/mol. The zero-order valence-corrected chi connectivity index (χ0v) is 11.4. The van der Waals surface area contributed by atoms with Crippen LogP contribution in [0.1, 0.15) is 25.3 Å². The molecule has 0 aromatic heterocycles. The predicted molar refractivity (Wildman–Crippen MR) is 73.8 cm³/mol. The Labute approximate surface area is 109 Å². The van der Waals surface area contributed by atoms with Gasteiger partial charge in [0.2, 0.25) is 5.91 Å². The number of carbonyl (C=O) groups excluding carboxylic acids is 1. The topological polar surface area (TPSA) is 58.4 Å². The summed E-state index contributed by atoms with van der Waals surface area (Å²) >= 11 is 0. The summed E-state index contributed by atoms with van der Waals surface area (Å²) in [5, 5.41) is 0. The van der Waals surface area contributed by atoms with Gasteiger partial charge in [-0.1, -0.05) is 44.2 Å². The molecule has 0 saturated heterocycles. The molecule has 4 heteroatoms. The molecule has 3 N–H and O–H groups in total. The standard InChI is InChI=1S/C14H23N3O/c1-11(2)9-17(3)10-13(14(18)16-15)12-7-5-4-6-8-12/h4-8,11,13H,9-10,15H2,1-3H3,(H,16,18). The van der Waals surface area contributed by atoms with Gasteiger partial charge in [-0.2, -0.15) is 0 Å². The molecule has 1 aromatic carbocycles. The largest absolute Gasteiger partial charge is 0.305 e. The Morgan fingerprint density at radius 2 is 1.89 bits per heavy atom. The summed E-state index contributed by atoms with van der Waals surface area (Å²) in [5.41, 5.74) is 3.25. The molecule has 4 nitrogen and oxygen atoms in total. The minimum Gasteiger partial charge on any atom is -0.305 e. The fourth-order valence-corrected chi connectivity index (χ4v) is 2.14. The van der Waals surface area contributed by atoms with E-state index in [0.717, 1.165) is 12.1 Å². The number of rotatable bonds is 6. The smallest absolute Gasteiger partial charge is 0.242 e. The first-order valence-electron chi connectivity index (χ1n) is 6.28. The lowest BCUT2D eigenvalue weighted by atomic mass is 9.97.